The summed E-state index contributed by atoms with van der Waals surface area (Å²) in [6.07, 6.45) is 0. The van der Waals surface area contributed by atoms with Gasteiger partial charge in [-0.05, 0) is 58.4 Å². The van der Waals surface area contributed by atoms with Gasteiger partial charge in [0.2, 0.25) is 0 Å². The normalized spacial score (nSPS) is 13.0. The molecule has 0 aliphatic heterocycles. The molecule has 0 bridgehead atoms. The van der Waals surface area contributed by atoms with Crippen LogP contribution in [0.2, 0.25) is 0 Å². The van der Waals surface area contributed by atoms with E-state index in [0.717, 1.165) is 10.5 Å². The summed E-state index contributed by atoms with van der Waals surface area (Å²) in [4.78, 5) is 8.62. The number of H-pyrrole nitrogens is 1. The van der Waals surface area contributed by atoms with Gasteiger partial charge in [0.1, 0.15) is 5.01 Å². The van der Waals surface area contributed by atoms with Gasteiger partial charge in [-0.15, -0.1) is 11.3 Å². The minimum atomic E-state index is 0.0204. The number of thiazole rings is 1. The summed E-state index contributed by atoms with van der Waals surface area (Å²) in [6, 6.07) is 19.9. The molecule has 0 spiro atoms. The molecule has 0 saturated heterocycles. The quantitative estimate of drug-likeness (QED) is 0.295. The van der Waals surface area contributed by atoms with Crippen molar-refractivity contribution in [2.24, 2.45) is 0 Å². The number of nitrogens with one attached hydrogen (secondary N) is 1. The van der Waals surface area contributed by atoms with Crippen LogP contribution in [-0.2, 0) is 10.8 Å². The van der Waals surface area contributed by atoms with Crippen LogP contribution in [-0.4, -0.2) is 9.97 Å². The lowest BCUT2D eigenvalue weighted by Gasteiger charge is -2.22. The van der Waals surface area contributed by atoms with E-state index in [9.17, 15) is 0 Å². The molecule has 5 rings (SSSR count). The monoisotopic (exact) mass is 412 g/mol. The molecule has 0 unspecified atom stereocenters. The van der Waals surface area contributed by atoms with E-state index in [1.54, 1.807) is 11.3 Å². The maximum Gasteiger partial charge on any atom is 0.124 e. The first-order valence-corrected chi connectivity index (χ1v) is 11.4. The van der Waals surface area contributed by atoms with Gasteiger partial charge in [-0.3, -0.25) is 0 Å². The predicted molar refractivity (Wildman–Crippen MR) is 132 cm³/mol. The minimum absolute atomic E-state index is 0.0204. The Morgan fingerprint density at radius 2 is 1.50 bits per heavy atom. The third kappa shape index (κ3) is 3.13. The number of fused-ring (bicyclic) bond motifs is 4. The zero-order valence-corrected chi connectivity index (χ0v) is 19.4. The number of rotatable bonds is 1. The smallest absolute Gasteiger partial charge is 0.124 e. The zero-order chi connectivity index (χ0) is 21.3. The largest absolute Gasteiger partial charge is 0.354 e. The highest BCUT2D eigenvalue weighted by Gasteiger charge is 2.23. The first-order chi connectivity index (χ1) is 14.1. The Labute approximate surface area is 182 Å². The fourth-order valence-corrected chi connectivity index (χ4v) is 5.19. The molecule has 0 fully saturated rings. The van der Waals surface area contributed by atoms with E-state index >= 15 is 0 Å². The second-order valence-corrected chi connectivity index (χ2v) is 11.3. The highest BCUT2D eigenvalue weighted by molar-refractivity contribution is 7.21. The van der Waals surface area contributed by atoms with E-state index in [1.807, 2.05) is 0 Å². The average Bonchev–Trinajstić information content (AvgIpc) is 3.25. The van der Waals surface area contributed by atoms with Crippen molar-refractivity contribution in [1.29, 1.82) is 0 Å². The van der Waals surface area contributed by atoms with E-state index in [0.29, 0.717) is 0 Å². The van der Waals surface area contributed by atoms with Crippen molar-refractivity contribution in [3.05, 3.63) is 65.7 Å². The molecule has 2 aromatic heterocycles. The summed E-state index contributed by atoms with van der Waals surface area (Å²) >= 11 is 1.78. The number of hydrogen-bond donors (Lipinski definition) is 1. The summed E-state index contributed by atoms with van der Waals surface area (Å²) in [5, 5.41) is 3.70. The van der Waals surface area contributed by atoms with E-state index in [-0.39, 0.29) is 10.8 Å². The number of aromatic amines is 1. The van der Waals surface area contributed by atoms with E-state index < -0.39 is 0 Å². The summed E-state index contributed by atoms with van der Waals surface area (Å²) in [5.74, 6) is 0. The highest BCUT2D eigenvalue weighted by atomic mass is 32.1. The third-order valence-corrected chi connectivity index (χ3v) is 7.00. The van der Waals surface area contributed by atoms with Crippen LogP contribution in [0.25, 0.3) is 42.6 Å². The number of hydrogen-bond acceptors (Lipinski definition) is 2. The molecule has 0 aliphatic carbocycles. The SMILES string of the molecule is CC(C)(C)c1ccc2[nH]c3cc(-c4nc5ccccc5s4)c(C(C)(C)C)cc3c2c1. The first kappa shape index (κ1) is 19.3. The Kier molecular flexibility index (Phi) is 4.14. The third-order valence-electron chi connectivity index (χ3n) is 5.94. The lowest BCUT2D eigenvalue weighted by molar-refractivity contribution is 0.591. The fraction of sp³-hybridized carbons (Fsp3) is 0.296. The lowest BCUT2D eigenvalue weighted by atomic mass is 9.82. The standard InChI is InChI=1S/C27H28N2S/c1-26(2,3)16-11-12-21-17(13-16)18-14-20(27(4,5)6)19(15-23(18)28-21)25-29-22-9-7-8-10-24(22)30-25/h7-15,28H,1-6H3. The van der Waals surface area contributed by atoms with Crippen LogP contribution in [0.4, 0.5) is 0 Å². The lowest BCUT2D eigenvalue weighted by Crippen LogP contribution is -2.12. The van der Waals surface area contributed by atoms with Crippen molar-refractivity contribution in [3.63, 3.8) is 0 Å². The van der Waals surface area contributed by atoms with Crippen LogP contribution in [0, 0.1) is 0 Å². The Bertz CT molecular complexity index is 1370. The van der Waals surface area contributed by atoms with Crippen molar-refractivity contribution in [1.82, 2.24) is 9.97 Å². The summed E-state index contributed by atoms with van der Waals surface area (Å²) in [6.45, 7) is 13.7. The van der Waals surface area contributed by atoms with Gasteiger partial charge in [-0.1, -0.05) is 59.7 Å². The molecule has 2 heterocycles. The number of benzene rings is 3. The second-order valence-electron chi connectivity index (χ2n) is 10.3. The Morgan fingerprint density at radius 1 is 0.767 bits per heavy atom. The van der Waals surface area contributed by atoms with Crippen molar-refractivity contribution < 1.29 is 0 Å². The Balaban J connectivity index is 1.81. The Morgan fingerprint density at radius 3 is 2.20 bits per heavy atom. The molecule has 0 atom stereocenters. The number of nitrogens with zero attached hydrogens (tertiary/aromatic N) is 1. The Hall–Kier alpha value is -2.65. The van der Waals surface area contributed by atoms with Gasteiger partial charge in [0.05, 0.1) is 10.2 Å². The van der Waals surface area contributed by atoms with Crippen molar-refractivity contribution >= 4 is 43.4 Å². The van der Waals surface area contributed by atoms with Crippen molar-refractivity contribution in [3.8, 4) is 10.6 Å². The van der Waals surface area contributed by atoms with Gasteiger partial charge in [-0.2, -0.15) is 0 Å². The molecule has 1 N–H and O–H groups in total. The summed E-state index contributed by atoms with van der Waals surface area (Å²) < 4.78 is 1.24. The fourth-order valence-electron chi connectivity index (χ4n) is 4.20. The first-order valence-electron chi connectivity index (χ1n) is 10.6. The molecule has 30 heavy (non-hydrogen) atoms. The molecule has 0 aliphatic rings. The number of para-hydroxylation sites is 1. The van der Waals surface area contributed by atoms with Crippen LogP contribution in [0.1, 0.15) is 52.7 Å². The molecule has 0 radical (unpaired) electrons. The second kappa shape index (κ2) is 6.42. The maximum absolute atomic E-state index is 4.97. The molecule has 5 aromatic rings. The average molecular weight is 413 g/mol. The maximum atomic E-state index is 4.97. The zero-order valence-electron chi connectivity index (χ0n) is 18.6. The van der Waals surface area contributed by atoms with E-state index in [2.05, 4.69) is 101 Å². The van der Waals surface area contributed by atoms with Crippen molar-refractivity contribution in [2.45, 2.75) is 52.4 Å². The topological polar surface area (TPSA) is 28.7 Å². The van der Waals surface area contributed by atoms with Gasteiger partial charge in [0.15, 0.2) is 0 Å². The molecule has 3 aromatic carbocycles. The highest BCUT2D eigenvalue weighted by Crippen LogP contribution is 2.41. The minimum Gasteiger partial charge on any atom is -0.354 e. The van der Waals surface area contributed by atoms with Crippen LogP contribution < -0.4 is 0 Å². The summed E-state index contributed by atoms with van der Waals surface area (Å²) in [7, 11) is 0. The van der Waals surface area contributed by atoms with E-state index in [1.165, 1.54) is 43.2 Å². The van der Waals surface area contributed by atoms with Crippen molar-refractivity contribution in [2.75, 3.05) is 0 Å². The van der Waals surface area contributed by atoms with E-state index in [4.69, 9.17) is 4.98 Å². The molecule has 0 amide bonds. The van der Waals surface area contributed by atoms with Gasteiger partial charge < -0.3 is 4.98 Å². The number of aromatic nitrogens is 2. The molecule has 2 nitrogen and oxygen atoms in total. The van der Waals surface area contributed by atoms with Gasteiger partial charge in [0.25, 0.3) is 0 Å². The molecule has 0 saturated carbocycles. The van der Waals surface area contributed by atoms with Crippen LogP contribution >= 0.6 is 11.3 Å². The molecular formula is C27H28N2S. The van der Waals surface area contributed by atoms with Crippen LogP contribution in [0.5, 0.6) is 0 Å². The van der Waals surface area contributed by atoms with Gasteiger partial charge >= 0.3 is 0 Å². The summed E-state index contributed by atoms with van der Waals surface area (Å²) in [5.41, 5.74) is 7.54. The molecule has 3 heteroatoms. The predicted octanol–water partition coefficient (Wildman–Crippen LogP) is 8.19. The van der Waals surface area contributed by atoms with Gasteiger partial charge in [-0.25, -0.2) is 4.98 Å². The van der Waals surface area contributed by atoms with Crippen LogP contribution in [0.3, 0.4) is 0 Å². The molecule has 152 valence electrons. The van der Waals surface area contributed by atoms with Gasteiger partial charge in [0, 0.05) is 27.4 Å². The molecular weight excluding hydrogens is 384 g/mol. The van der Waals surface area contributed by atoms with Crippen LogP contribution in [0.15, 0.2) is 54.6 Å².